The highest BCUT2D eigenvalue weighted by atomic mass is 16.1. The van der Waals surface area contributed by atoms with E-state index in [0.29, 0.717) is 22.2 Å². The molecule has 0 spiro atoms. The Balaban J connectivity index is 2.66. The maximum absolute atomic E-state index is 12.5. The lowest BCUT2D eigenvalue weighted by Gasteiger charge is -2.06. The van der Waals surface area contributed by atoms with Crippen molar-refractivity contribution in [1.29, 1.82) is 0 Å². The molecule has 0 amide bonds. The number of pyridine rings is 2. The average Bonchev–Trinajstić information content (AvgIpc) is 2.48. The molecule has 2 heterocycles. The molecular weight excluding hydrogens is 252 g/mol. The van der Waals surface area contributed by atoms with Crippen molar-refractivity contribution in [2.45, 2.75) is 0 Å². The molecule has 0 aliphatic carbocycles. The molecule has 0 aliphatic rings. The second-order valence-electron chi connectivity index (χ2n) is 4.44. The van der Waals surface area contributed by atoms with Crippen LogP contribution in [0.15, 0.2) is 47.0 Å². The maximum Gasteiger partial charge on any atom is 0.213 e. The number of hydrogen-bond acceptors (Lipinski definition) is 2. The summed E-state index contributed by atoms with van der Waals surface area (Å²) in [5, 5.41) is 0.539. The van der Waals surface area contributed by atoms with E-state index >= 15 is 0 Å². The van der Waals surface area contributed by atoms with Gasteiger partial charge in [0, 0.05) is 22.2 Å². The number of benzene rings is 1. The molecule has 0 atom stereocenters. The van der Waals surface area contributed by atoms with E-state index in [0.717, 1.165) is 0 Å². The van der Waals surface area contributed by atoms with Crippen molar-refractivity contribution in [3.63, 3.8) is 0 Å². The summed E-state index contributed by atoms with van der Waals surface area (Å²) in [6.45, 7) is 7.28. The number of H-pyrrole nitrogens is 2. The zero-order valence-electron chi connectivity index (χ0n) is 10.7. The van der Waals surface area contributed by atoms with Gasteiger partial charge in [-0.3, -0.25) is 9.59 Å². The van der Waals surface area contributed by atoms with Crippen molar-refractivity contribution in [2.24, 2.45) is 0 Å². The summed E-state index contributed by atoms with van der Waals surface area (Å²) in [7, 11) is 0. The van der Waals surface area contributed by atoms with E-state index < -0.39 is 0 Å². The summed E-state index contributed by atoms with van der Waals surface area (Å²) >= 11 is 0. The molecule has 0 radical (unpaired) electrons. The Bertz CT molecular complexity index is 977. The summed E-state index contributed by atoms with van der Waals surface area (Å²) in [4.78, 5) is 30.9. The summed E-state index contributed by atoms with van der Waals surface area (Å²) in [5.74, 6) is 0. The van der Waals surface area contributed by atoms with Gasteiger partial charge in [0.05, 0.1) is 0 Å². The van der Waals surface area contributed by atoms with Crippen molar-refractivity contribution in [3.05, 3.63) is 69.1 Å². The van der Waals surface area contributed by atoms with Crippen LogP contribution in [-0.2, 0) is 0 Å². The minimum Gasteiger partial charge on any atom is -0.350 e. The number of aromatic nitrogens is 2. The molecule has 3 rings (SSSR count). The van der Waals surface area contributed by atoms with Crippen LogP contribution >= 0.6 is 0 Å². The molecule has 0 saturated heterocycles. The van der Waals surface area contributed by atoms with Gasteiger partial charge in [-0.2, -0.15) is 0 Å². The Morgan fingerprint density at radius 3 is 2.30 bits per heavy atom. The fraction of sp³-hybridized carbons (Fsp3) is 0. The summed E-state index contributed by atoms with van der Waals surface area (Å²) in [6, 6.07) is 7.09. The van der Waals surface area contributed by atoms with Gasteiger partial charge in [-0.25, -0.2) is 0 Å². The first-order chi connectivity index (χ1) is 9.67. The van der Waals surface area contributed by atoms with Crippen molar-refractivity contribution in [1.82, 2.24) is 9.97 Å². The van der Waals surface area contributed by atoms with Crippen molar-refractivity contribution < 1.29 is 0 Å². The Labute approximate surface area is 114 Å². The Kier molecular flexibility index (Phi) is 2.64. The topological polar surface area (TPSA) is 65.7 Å². The van der Waals surface area contributed by atoms with Crippen LogP contribution in [0.1, 0.15) is 11.3 Å². The molecule has 0 saturated carbocycles. The molecule has 2 aromatic heterocycles. The number of hydrogen-bond donors (Lipinski definition) is 2. The lowest BCUT2D eigenvalue weighted by molar-refractivity contribution is 1.29. The lowest BCUT2D eigenvalue weighted by Crippen LogP contribution is -2.17. The van der Waals surface area contributed by atoms with E-state index in [1.807, 2.05) is 6.07 Å². The van der Waals surface area contributed by atoms with Gasteiger partial charge < -0.3 is 9.97 Å². The monoisotopic (exact) mass is 264 g/mol. The fourth-order valence-corrected chi connectivity index (χ4v) is 2.35. The third kappa shape index (κ3) is 1.55. The van der Waals surface area contributed by atoms with Crippen LogP contribution in [0.5, 0.6) is 0 Å². The van der Waals surface area contributed by atoms with Gasteiger partial charge in [0.1, 0.15) is 11.0 Å². The molecule has 20 heavy (non-hydrogen) atoms. The second kappa shape index (κ2) is 4.35. The first-order valence-corrected chi connectivity index (χ1v) is 6.13. The zero-order chi connectivity index (χ0) is 14.3. The predicted octanol–water partition coefficient (Wildman–Crippen LogP) is 2.66. The van der Waals surface area contributed by atoms with Crippen LogP contribution in [0.3, 0.4) is 0 Å². The zero-order valence-corrected chi connectivity index (χ0v) is 10.7. The summed E-state index contributed by atoms with van der Waals surface area (Å²) in [5.41, 5.74) is 1.59. The lowest BCUT2D eigenvalue weighted by atomic mass is 10.1. The van der Waals surface area contributed by atoms with Gasteiger partial charge in [-0.1, -0.05) is 31.4 Å². The normalized spacial score (nSPS) is 10.8. The smallest absolute Gasteiger partial charge is 0.213 e. The molecule has 0 fully saturated rings. The van der Waals surface area contributed by atoms with Crippen LogP contribution in [0.25, 0.3) is 34.1 Å². The van der Waals surface area contributed by atoms with Crippen molar-refractivity contribution in [2.75, 3.05) is 0 Å². The van der Waals surface area contributed by atoms with E-state index in [1.165, 1.54) is 12.2 Å². The first-order valence-electron chi connectivity index (χ1n) is 6.13. The van der Waals surface area contributed by atoms with Crippen LogP contribution < -0.4 is 10.9 Å². The quantitative estimate of drug-likeness (QED) is 0.699. The third-order valence-corrected chi connectivity index (χ3v) is 3.34. The van der Waals surface area contributed by atoms with E-state index in [4.69, 9.17) is 0 Å². The summed E-state index contributed by atoms with van der Waals surface area (Å²) in [6.07, 6.45) is 2.97. The Hall–Kier alpha value is -2.88. The van der Waals surface area contributed by atoms with Gasteiger partial charge in [-0.05, 0) is 18.2 Å². The van der Waals surface area contributed by atoms with E-state index in [2.05, 4.69) is 23.1 Å². The number of para-hydroxylation sites is 1. The molecular formula is C16H12N2O2. The SMILES string of the molecule is C=Cc1[nH]c2c(=O)c3ccccc3[nH]c2c(=O)c1C=C. The molecule has 2 N–H and O–H groups in total. The van der Waals surface area contributed by atoms with E-state index in [1.54, 1.807) is 18.2 Å². The van der Waals surface area contributed by atoms with E-state index in [9.17, 15) is 9.59 Å². The minimum absolute atomic E-state index is 0.204. The average molecular weight is 264 g/mol. The van der Waals surface area contributed by atoms with Crippen LogP contribution in [0, 0.1) is 0 Å². The van der Waals surface area contributed by atoms with Gasteiger partial charge in [0.2, 0.25) is 10.9 Å². The van der Waals surface area contributed by atoms with Crippen molar-refractivity contribution >= 4 is 34.1 Å². The Morgan fingerprint density at radius 2 is 1.60 bits per heavy atom. The molecule has 0 unspecified atom stereocenters. The number of rotatable bonds is 2. The molecule has 3 aromatic rings. The highest BCUT2D eigenvalue weighted by Gasteiger charge is 2.12. The van der Waals surface area contributed by atoms with E-state index in [-0.39, 0.29) is 21.9 Å². The second-order valence-corrected chi connectivity index (χ2v) is 4.44. The highest BCUT2D eigenvalue weighted by Crippen LogP contribution is 2.14. The minimum atomic E-state index is -0.258. The standard InChI is InChI=1S/C16H12N2O2/c1-3-9-11(4-2)17-14-13(15(9)19)18-12-8-6-5-7-10(12)16(14)20/h3-8H,1-2H2,(H,17,19)(H,18,20). The molecule has 1 aromatic carbocycles. The molecule has 0 aliphatic heterocycles. The number of nitrogens with one attached hydrogen (secondary N) is 2. The number of fused-ring (bicyclic) bond motifs is 2. The predicted molar refractivity (Wildman–Crippen MR) is 82.9 cm³/mol. The summed E-state index contributed by atoms with van der Waals surface area (Å²) < 4.78 is 0. The molecule has 4 heteroatoms. The maximum atomic E-state index is 12.5. The highest BCUT2D eigenvalue weighted by molar-refractivity contribution is 5.91. The fourth-order valence-electron chi connectivity index (χ4n) is 2.35. The Morgan fingerprint density at radius 1 is 0.900 bits per heavy atom. The molecule has 0 bridgehead atoms. The number of aromatic amines is 2. The van der Waals surface area contributed by atoms with Crippen LogP contribution in [-0.4, -0.2) is 9.97 Å². The van der Waals surface area contributed by atoms with Crippen LogP contribution in [0.4, 0.5) is 0 Å². The van der Waals surface area contributed by atoms with Gasteiger partial charge in [0.25, 0.3) is 0 Å². The largest absolute Gasteiger partial charge is 0.350 e. The van der Waals surface area contributed by atoms with Gasteiger partial charge in [-0.15, -0.1) is 0 Å². The van der Waals surface area contributed by atoms with Crippen molar-refractivity contribution in [3.8, 4) is 0 Å². The molecule has 98 valence electrons. The first kappa shape index (κ1) is 12.2. The van der Waals surface area contributed by atoms with Gasteiger partial charge in [0.15, 0.2) is 0 Å². The van der Waals surface area contributed by atoms with Crippen LogP contribution in [0.2, 0.25) is 0 Å². The third-order valence-electron chi connectivity index (χ3n) is 3.34. The van der Waals surface area contributed by atoms with Gasteiger partial charge >= 0.3 is 0 Å². The molecule has 4 nitrogen and oxygen atoms in total.